The average Bonchev–Trinajstić information content (AvgIpc) is 3.58. The van der Waals surface area contributed by atoms with E-state index in [1.54, 1.807) is 60.5 Å². The van der Waals surface area contributed by atoms with Crippen molar-refractivity contribution in [2.24, 2.45) is 17.8 Å². The van der Waals surface area contributed by atoms with E-state index in [2.05, 4.69) is 24.3 Å². The molecule has 9 rings (SSSR count). The molecular weight excluding hydrogens is 556 g/mol. The standard InChI is InChI=1S/C36H28N2O6/c1-43-23-14-10-21(11-15-23)37-19-20(18-29(37)39)36(42)44-24-16-12-22(13-17-24)38-34(40)32-30-25-6-2-3-7-26(25)31(33(32)35(38)41)28-9-5-4-8-27(28)30/h2-17,20,30-33H,18-19H2,1H3/t20-,30?,31?,32-,33-/m1/s1. The van der Waals surface area contributed by atoms with Crippen molar-refractivity contribution in [3.05, 3.63) is 119 Å². The van der Waals surface area contributed by atoms with Crippen LogP contribution in [0.1, 0.15) is 40.5 Å². The number of hydrogen-bond acceptors (Lipinski definition) is 6. The Morgan fingerprint density at radius 3 is 1.64 bits per heavy atom. The Labute approximate surface area is 253 Å². The number of amides is 3. The molecule has 0 aromatic heterocycles. The molecule has 8 nitrogen and oxygen atoms in total. The lowest BCUT2D eigenvalue weighted by Gasteiger charge is -2.45. The lowest BCUT2D eigenvalue weighted by atomic mass is 9.55. The summed E-state index contributed by atoms with van der Waals surface area (Å²) >= 11 is 0. The highest BCUT2D eigenvalue weighted by molar-refractivity contribution is 6.23. The van der Waals surface area contributed by atoms with Gasteiger partial charge in [0, 0.05) is 30.5 Å². The van der Waals surface area contributed by atoms with Crippen molar-refractivity contribution in [1.82, 2.24) is 0 Å². The number of carbonyl (C=O) groups excluding carboxylic acids is 4. The van der Waals surface area contributed by atoms with Crippen LogP contribution < -0.4 is 19.3 Å². The molecule has 2 bridgehead atoms. The van der Waals surface area contributed by atoms with Crippen LogP contribution in [-0.4, -0.2) is 37.3 Å². The molecular formula is C36H28N2O6. The van der Waals surface area contributed by atoms with Crippen molar-refractivity contribution < 1.29 is 28.7 Å². The van der Waals surface area contributed by atoms with Crippen LogP contribution in [0.25, 0.3) is 0 Å². The van der Waals surface area contributed by atoms with Crippen LogP contribution in [0, 0.1) is 17.8 Å². The van der Waals surface area contributed by atoms with Gasteiger partial charge in [0.2, 0.25) is 17.7 Å². The molecule has 0 N–H and O–H groups in total. The maximum absolute atomic E-state index is 14.0. The fraction of sp³-hybridized carbons (Fsp3) is 0.222. The number of esters is 1. The lowest BCUT2D eigenvalue weighted by molar-refractivity contribution is -0.139. The maximum Gasteiger partial charge on any atom is 0.316 e. The van der Waals surface area contributed by atoms with Gasteiger partial charge in [0.1, 0.15) is 11.5 Å². The Bertz CT molecular complexity index is 1730. The zero-order valence-electron chi connectivity index (χ0n) is 23.9. The summed E-state index contributed by atoms with van der Waals surface area (Å²) < 4.78 is 10.8. The fourth-order valence-corrected chi connectivity index (χ4v) is 7.67. The largest absolute Gasteiger partial charge is 0.497 e. The first-order chi connectivity index (χ1) is 21.4. The van der Waals surface area contributed by atoms with Gasteiger partial charge in [-0.3, -0.25) is 19.2 Å². The molecule has 2 heterocycles. The predicted octanol–water partition coefficient (Wildman–Crippen LogP) is 5.05. The van der Waals surface area contributed by atoms with Gasteiger partial charge in [-0.15, -0.1) is 0 Å². The second-order valence-electron chi connectivity index (χ2n) is 11.8. The first-order valence-corrected chi connectivity index (χ1v) is 14.8. The number of benzene rings is 4. The molecule has 0 spiro atoms. The minimum Gasteiger partial charge on any atom is -0.497 e. The van der Waals surface area contributed by atoms with Gasteiger partial charge in [0.05, 0.1) is 30.6 Å². The number of imide groups is 1. The first-order valence-electron chi connectivity index (χ1n) is 14.8. The average molecular weight is 585 g/mol. The molecule has 8 heteroatoms. The SMILES string of the molecule is COc1ccc(N2C[C@H](C(=O)Oc3ccc(N4C(=O)[C@@H]5C6c7ccccc7C(c7ccccc76)[C@H]5C4=O)cc3)CC2=O)cc1. The summed E-state index contributed by atoms with van der Waals surface area (Å²) in [6.07, 6.45) is 0.0512. The maximum atomic E-state index is 14.0. The Hall–Kier alpha value is -5.24. The molecule has 2 aliphatic heterocycles. The van der Waals surface area contributed by atoms with Gasteiger partial charge in [0.25, 0.3) is 0 Å². The molecule has 2 saturated heterocycles. The zero-order valence-corrected chi connectivity index (χ0v) is 23.9. The van der Waals surface area contributed by atoms with Crippen LogP contribution in [0.3, 0.4) is 0 Å². The lowest BCUT2D eigenvalue weighted by Crippen LogP contribution is -2.41. The normalized spacial score (nSPS) is 24.7. The van der Waals surface area contributed by atoms with E-state index in [1.807, 2.05) is 24.3 Å². The van der Waals surface area contributed by atoms with Gasteiger partial charge in [-0.1, -0.05) is 48.5 Å². The van der Waals surface area contributed by atoms with E-state index >= 15 is 0 Å². The molecule has 5 aliphatic rings. The molecule has 4 aromatic rings. The summed E-state index contributed by atoms with van der Waals surface area (Å²) in [4.78, 5) is 56.5. The van der Waals surface area contributed by atoms with Gasteiger partial charge < -0.3 is 14.4 Å². The Morgan fingerprint density at radius 2 is 1.14 bits per heavy atom. The molecule has 0 unspecified atom stereocenters. The molecule has 0 saturated carbocycles. The highest BCUT2D eigenvalue weighted by Crippen LogP contribution is 2.61. The number of nitrogens with zero attached hydrogens (tertiary/aromatic N) is 2. The predicted molar refractivity (Wildman–Crippen MR) is 162 cm³/mol. The minimum atomic E-state index is -0.618. The number of hydrogen-bond donors (Lipinski definition) is 0. The second kappa shape index (κ2) is 9.91. The summed E-state index contributed by atoms with van der Waals surface area (Å²) in [5.41, 5.74) is 5.63. The number of rotatable bonds is 5. The molecule has 3 aliphatic carbocycles. The van der Waals surface area contributed by atoms with Gasteiger partial charge in [-0.05, 0) is 70.8 Å². The van der Waals surface area contributed by atoms with Crippen molar-refractivity contribution >= 4 is 35.1 Å². The number of methoxy groups -OCH3 is 1. The van der Waals surface area contributed by atoms with Crippen molar-refractivity contribution in [3.63, 3.8) is 0 Å². The smallest absolute Gasteiger partial charge is 0.316 e. The molecule has 0 radical (unpaired) electrons. The van der Waals surface area contributed by atoms with Crippen LogP contribution in [-0.2, 0) is 19.2 Å². The van der Waals surface area contributed by atoms with Gasteiger partial charge in [-0.2, -0.15) is 0 Å². The van der Waals surface area contributed by atoms with Crippen LogP contribution in [0.15, 0.2) is 97.1 Å². The Balaban J connectivity index is 1.01. The van der Waals surface area contributed by atoms with E-state index < -0.39 is 23.7 Å². The Morgan fingerprint density at radius 1 is 0.659 bits per heavy atom. The summed E-state index contributed by atoms with van der Waals surface area (Å²) in [5, 5.41) is 0. The number of anilines is 2. The van der Waals surface area contributed by atoms with Crippen LogP contribution in [0.4, 0.5) is 11.4 Å². The third-order valence-corrected chi connectivity index (χ3v) is 9.60. The van der Waals surface area contributed by atoms with Gasteiger partial charge >= 0.3 is 5.97 Å². The monoisotopic (exact) mass is 584 g/mol. The zero-order chi connectivity index (χ0) is 30.1. The molecule has 4 aromatic carbocycles. The topological polar surface area (TPSA) is 93.2 Å². The summed E-state index contributed by atoms with van der Waals surface area (Å²) in [6, 6.07) is 29.9. The highest BCUT2D eigenvalue weighted by atomic mass is 16.5. The molecule has 3 atom stereocenters. The van der Waals surface area contributed by atoms with Crippen molar-refractivity contribution in [3.8, 4) is 11.5 Å². The molecule has 44 heavy (non-hydrogen) atoms. The van der Waals surface area contributed by atoms with E-state index in [9.17, 15) is 19.2 Å². The molecule has 3 amide bonds. The molecule has 2 fully saturated rings. The van der Waals surface area contributed by atoms with Crippen molar-refractivity contribution in [2.75, 3.05) is 23.5 Å². The van der Waals surface area contributed by atoms with E-state index in [0.29, 0.717) is 17.1 Å². The molecule has 218 valence electrons. The van der Waals surface area contributed by atoms with E-state index in [0.717, 1.165) is 22.3 Å². The summed E-state index contributed by atoms with van der Waals surface area (Å²) in [5.74, 6) is -2.01. The third kappa shape index (κ3) is 3.83. The fourth-order valence-electron chi connectivity index (χ4n) is 7.67. The van der Waals surface area contributed by atoms with E-state index in [4.69, 9.17) is 9.47 Å². The Kier molecular flexibility index (Phi) is 5.94. The second-order valence-corrected chi connectivity index (χ2v) is 11.8. The van der Waals surface area contributed by atoms with Crippen molar-refractivity contribution in [2.45, 2.75) is 18.3 Å². The third-order valence-electron chi connectivity index (χ3n) is 9.60. The highest BCUT2D eigenvalue weighted by Gasteiger charge is 2.61. The summed E-state index contributed by atoms with van der Waals surface area (Å²) in [7, 11) is 1.57. The van der Waals surface area contributed by atoms with Crippen LogP contribution in [0.2, 0.25) is 0 Å². The van der Waals surface area contributed by atoms with Crippen LogP contribution >= 0.6 is 0 Å². The summed E-state index contributed by atoms with van der Waals surface area (Å²) in [6.45, 7) is 0.217. The van der Waals surface area contributed by atoms with E-state index in [-0.39, 0.29) is 48.3 Å². The first kappa shape index (κ1) is 26.4. The number of ether oxygens (including phenoxy) is 2. The van der Waals surface area contributed by atoms with E-state index in [1.165, 1.54) is 4.90 Å². The van der Waals surface area contributed by atoms with Crippen molar-refractivity contribution in [1.29, 1.82) is 0 Å². The van der Waals surface area contributed by atoms with Gasteiger partial charge in [0.15, 0.2) is 0 Å². The van der Waals surface area contributed by atoms with Gasteiger partial charge in [-0.25, -0.2) is 4.90 Å². The number of carbonyl (C=O) groups is 4. The quantitative estimate of drug-likeness (QED) is 0.185. The minimum absolute atomic E-state index is 0.0512. The van der Waals surface area contributed by atoms with Crippen LogP contribution in [0.5, 0.6) is 11.5 Å².